The van der Waals surface area contributed by atoms with Gasteiger partial charge in [-0.2, -0.15) is 0 Å². The summed E-state index contributed by atoms with van der Waals surface area (Å²) in [5, 5.41) is 0. The molecule has 1 rings (SSSR count). The molecule has 0 aromatic heterocycles. The van der Waals surface area contributed by atoms with Crippen LogP contribution >= 0.6 is 7.60 Å². The zero-order chi connectivity index (χ0) is 14.3. The largest absolute Gasteiger partial charge is 0.509 e. The fourth-order valence-corrected chi connectivity index (χ4v) is 2.40. The van der Waals surface area contributed by atoms with E-state index in [1.54, 1.807) is 0 Å². The Kier molecular flexibility index (Phi) is 6.47. The van der Waals surface area contributed by atoms with Crippen LogP contribution in [0.3, 0.4) is 0 Å². The summed E-state index contributed by atoms with van der Waals surface area (Å²) in [6.07, 6.45) is 1.20. The predicted octanol–water partition coefficient (Wildman–Crippen LogP) is 1.51. The standard InChI is InChI=1S/C10H17O8P/c1-13-10(11)18-9(19(12,14-2)15-3)5-4-8-16-6-7-17-8/h4-5,8-9H,6-7H2,1-3H3/b5-4+. The Morgan fingerprint density at radius 1 is 1.26 bits per heavy atom. The molecule has 1 heterocycles. The molecule has 1 unspecified atom stereocenters. The van der Waals surface area contributed by atoms with E-state index in [0.717, 1.165) is 7.11 Å². The third kappa shape index (κ3) is 4.59. The molecule has 1 aliphatic rings. The predicted molar refractivity (Wildman–Crippen MR) is 63.7 cm³/mol. The van der Waals surface area contributed by atoms with E-state index in [9.17, 15) is 9.36 Å². The van der Waals surface area contributed by atoms with Crippen molar-refractivity contribution < 1.29 is 37.4 Å². The summed E-state index contributed by atoms with van der Waals surface area (Å²) < 4.78 is 41.3. The van der Waals surface area contributed by atoms with Crippen LogP contribution in [0.1, 0.15) is 0 Å². The molecule has 1 atom stereocenters. The average molecular weight is 296 g/mol. The minimum absolute atomic E-state index is 0.462. The Balaban J connectivity index is 2.78. The van der Waals surface area contributed by atoms with Crippen molar-refractivity contribution in [3.05, 3.63) is 12.2 Å². The van der Waals surface area contributed by atoms with Gasteiger partial charge in [0.1, 0.15) is 0 Å². The summed E-state index contributed by atoms with van der Waals surface area (Å²) in [5.41, 5.74) is 0. The molecule has 0 radical (unpaired) electrons. The maximum atomic E-state index is 12.2. The molecule has 19 heavy (non-hydrogen) atoms. The molecule has 8 nitrogen and oxygen atoms in total. The molecule has 0 aromatic carbocycles. The highest BCUT2D eigenvalue weighted by atomic mass is 31.2. The summed E-state index contributed by atoms with van der Waals surface area (Å²) in [5.74, 6) is -1.25. The quantitative estimate of drug-likeness (QED) is 0.414. The molecule has 0 aliphatic carbocycles. The highest BCUT2D eigenvalue weighted by molar-refractivity contribution is 7.54. The Morgan fingerprint density at radius 2 is 1.84 bits per heavy atom. The summed E-state index contributed by atoms with van der Waals surface area (Å²) in [6, 6.07) is 0. The number of hydrogen-bond donors (Lipinski definition) is 0. The first kappa shape index (κ1) is 16.1. The Bertz CT molecular complexity index is 355. The zero-order valence-electron chi connectivity index (χ0n) is 10.9. The van der Waals surface area contributed by atoms with Gasteiger partial charge in [-0.1, -0.05) is 0 Å². The fourth-order valence-electron chi connectivity index (χ4n) is 1.31. The Hall–Kier alpha value is -0.920. The third-order valence-corrected chi connectivity index (χ3v) is 4.20. The summed E-state index contributed by atoms with van der Waals surface area (Å²) in [4.78, 5) is 11.1. The van der Waals surface area contributed by atoms with Gasteiger partial charge in [-0.15, -0.1) is 0 Å². The second-order valence-electron chi connectivity index (χ2n) is 3.36. The second kappa shape index (κ2) is 7.62. The first-order valence-corrected chi connectivity index (χ1v) is 7.04. The van der Waals surface area contributed by atoms with E-state index in [4.69, 9.17) is 23.3 Å². The van der Waals surface area contributed by atoms with Gasteiger partial charge in [0, 0.05) is 14.2 Å². The highest BCUT2D eigenvalue weighted by Crippen LogP contribution is 2.52. The van der Waals surface area contributed by atoms with Crippen LogP contribution in [0, 0.1) is 0 Å². The third-order valence-electron chi connectivity index (χ3n) is 2.28. The van der Waals surface area contributed by atoms with Gasteiger partial charge in [-0.25, -0.2) is 4.79 Å². The van der Waals surface area contributed by atoms with Crippen molar-refractivity contribution in [3.63, 3.8) is 0 Å². The van der Waals surface area contributed by atoms with E-state index < -0.39 is 25.9 Å². The van der Waals surface area contributed by atoms with Crippen molar-refractivity contribution >= 4 is 13.8 Å². The SMILES string of the molecule is COC(=O)OC(/C=C/C1OCCO1)P(=O)(OC)OC. The molecule has 0 saturated carbocycles. The van der Waals surface area contributed by atoms with Gasteiger partial charge in [-0.3, -0.25) is 4.57 Å². The van der Waals surface area contributed by atoms with Crippen LogP contribution in [0.5, 0.6) is 0 Å². The summed E-state index contributed by atoms with van der Waals surface area (Å²) in [6.45, 7) is 0.924. The van der Waals surface area contributed by atoms with Crippen molar-refractivity contribution in [1.29, 1.82) is 0 Å². The molecule has 0 amide bonds. The first-order valence-electron chi connectivity index (χ1n) is 5.43. The van der Waals surface area contributed by atoms with Gasteiger partial charge in [0.05, 0.1) is 20.3 Å². The molecule has 0 bridgehead atoms. The molecular formula is C10H17O8P. The normalized spacial score (nSPS) is 18.7. The molecule has 1 saturated heterocycles. The van der Waals surface area contributed by atoms with E-state index >= 15 is 0 Å². The lowest BCUT2D eigenvalue weighted by Gasteiger charge is -2.21. The molecule has 1 aliphatic heterocycles. The van der Waals surface area contributed by atoms with Crippen molar-refractivity contribution in [1.82, 2.24) is 0 Å². The number of hydrogen-bond acceptors (Lipinski definition) is 8. The van der Waals surface area contributed by atoms with E-state index in [2.05, 4.69) is 4.74 Å². The van der Waals surface area contributed by atoms with E-state index in [-0.39, 0.29) is 0 Å². The van der Waals surface area contributed by atoms with Crippen LogP contribution in [-0.4, -0.2) is 52.8 Å². The van der Waals surface area contributed by atoms with E-state index in [1.165, 1.54) is 26.4 Å². The van der Waals surface area contributed by atoms with Crippen LogP contribution in [0.15, 0.2) is 12.2 Å². The highest BCUT2D eigenvalue weighted by Gasteiger charge is 2.36. The van der Waals surface area contributed by atoms with Crippen molar-refractivity contribution in [2.75, 3.05) is 34.5 Å². The number of rotatable bonds is 6. The van der Waals surface area contributed by atoms with E-state index in [0.29, 0.717) is 13.2 Å². The number of carbonyl (C=O) groups excluding carboxylic acids is 1. The maximum Gasteiger partial charge on any atom is 0.509 e. The van der Waals surface area contributed by atoms with Gasteiger partial charge < -0.3 is 28.0 Å². The van der Waals surface area contributed by atoms with Gasteiger partial charge in [0.25, 0.3) is 0 Å². The van der Waals surface area contributed by atoms with Gasteiger partial charge in [0.15, 0.2) is 6.29 Å². The van der Waals surface area contributed by atoms with Gasteiger partial charge in [0.2, 0.25) is 5.85 Å². The molecule has 0 spiro atoms. The topological polar surface area (TPSA) is 89.5 Å². The van der Waals surface area contributed by atoms with Gasteiger partial charge >= 0.3 is 13.8 Å². The van der Waals surface area contributed by atoms with Crippen molar-refractivity contribution in [2.45, 2.75) is 12.1 Å². The van der Waals surface area contributed by atoms with E-state index in [1.807, 2.05) is 0 Å². The second-order valence-corrected chi connectivity index (χ2v) is 5.68. The average Bonchev–Trinajstić information content (AvgIpc) is 2.95. The maximum absolute atomic E-state index is 12.2. The van der Waals surface area contributed by atoms with Crippen LogP contribution in [0.2, 0.25) is 0 Å². The zero-order valence-corrected chi connectivity index (χ0v) is 11.8. The smallest absolute Gasteiger partial charge is 0.438 e. The number of carbonyl (C=O) groups is 1. The molecule has 0 N–H and O–H groups in total. The Labute approximate surface area is 111 Å². The Morgan fingerprint density at radius 3 is 2.32 bits per heavy atom. The lowest BCUT2D eigenvalue weighted by molar-refractivity contribution is -0.00261. The number of ether oxygens (including phenoxy) is 4. The first-order chi connectivity index (χ1) is 9.05. The summed E-state index contributed by atoms with van der Waals surface area (Å²) >= 11 is 0. The lowest BCUT2D eigenvalue weighted by Crippen LogP contribution is -2.19. The minimum Gasteiger partial charge on any atom is -0.438 e. The minimum atomic E-state index is -3.64. The fraction of sp³-hybridized carbons (Fsp3) is 0.700. The van der Waals surface area contributed by atoms with Crippen LogP contribution in [0.25, 0.3) is 0 Å². The number of methoxy groups -OCH3 is 1. The monoisotopic (exact) mass is 296 g/mol. The lowest BCUT2D eigenvalue weighted by atomic mass is 10.5. The van der Waals surface area contributed by atoms with Crippen LogP contribution in [0.4, 0.5) is 4.79 Å². The molecule has 1 fully saturated rings. The van der Waals surface area contributed by atoms with Crippen molar-refractivity contribution in [3.8, 4) is 0 Å². The molecule has 0 aromatic rings. The molecular weight excluding hydrogens is 279 g/mol. The van der Waals surface area contributed by atoms with Gasteiger partial charge in [-0.05, 0) is 12.2 Å². The molecule has 9 heteroatoms. The van der Waals surface area contributed by atoms with Crippen LogP contribution < -0.4 is 0 Å². The summed E-state index contributed by atoms with van der Waals surface area (Å²) in [7, 11) is -0.123. The molecule has 110 valence electrons. The van der Waals surface area contributed by atoms with Crippen molar-refractivity contribution in [2.24, 2.45) is 0 Å². The van der Waals surface area contributed by atoms with Crippen LogP contribution in [-0.2, 0) is 32.6 Å².